The Labute approximate surface area is 87.8 Å². The van der Waals surface area contributed by atoms with Crippen molar-refractivity contribution in [3.63, 3.8) is 0 Å². The third kappa shape index (κ3) is 1.82. The van der Waals surface area contributed by atoms with Crippen molar-refractivity contribution in [2.45, 2.75) is 45.6 Å². The molecule has 0 aromatic carbocycles. The molecule has 2 N–H and O–H groups in total. The molecule has 0 bridgehead atoms. The lowest BCUT2D eigenvalue weighted by atomic mass is 9.84. The van der Waals surface area contributed by atoms with Gasteiger partial charge in [0.2, 0.25) is 0 Å². The molecule has 1 aliphatic heterocycles. The standard InChI is InChI=1S/C12H24N2/c1-10(2)14-6-5-12(9-14)4-3-11(7-12)8-13/h10-11H,3-9,13H2,1-2H3. The highest BCUT2D eigenvalue weighted by Crippen LogP contribution is 2.48. The van der Waals surface area contributed by atoms with E-state index in [0.717, 1.165) is 18.5 Å². The lowest BCUT2D eigenvalue weighted by Crippen LogP contribution is -2.31. The van der Waals surface area contributed by atoms with Gasteiger partial charge in [0.1, 0.15) is 0 Å². The van der Waals surface area contributed by atoms with Crippen LogP contribution in [0.25, 0.3) is 0 Å². The van der Waals surface area contributed by atoms with Gasteiger partial charge in [-0.15, -0.1) is 0 Å². The second kappa shape index (κ2) is 3.82. The monoisotopic (exact) mass is 196 g/mol. The highest BCUT2D eigenvalue weighted by molar-refractivity contribution is 4.96. The van der Waals surface area contributed by atoms with Crippen molar-refractivity contribution in [1.82, 2.24) is 4.90 Å². The molecule has 2 nitrogen and oxygen atoms in total. The molecule has 2 unspecified atom stereocenters. The summed E-state index contributed by atoms with van der Waals surface area (Å²) in [5.74, 6) is 0.821. The van der Waals surface area contributed by atoms with E-state index < -0.39 is 0 Å². The quantitative estimate of drug-likeness (QED) is 0.730. The largest absolute Gasteiger partial charge is 0.330 e. The maximum atomic E-state index is 5.77. The average molecular weight is 196 g/mol. The van der Waals surface area contributed by atoms with Crippen LogP contribution in [0.1, 0.15) is 39.5 Å². The minimum absolute atomic E-state index is 0.661. The highest BCUT2D eigenvalue weighted by Gasteiger charge is 2.43. The van der Waals surface area contributed by atoms with Gasteiger partial charge >= 0.3 is 0 Å². The molecule has 2 heteroatoms. The van der Waals surface area contributed by atoms with E-state index in [0.29, 0.717) is 5.41 Å². The first-order chi connectivity index (χ1) is 6.65. The van der Waals surface area contributed by atoms with Crippen molar-refractivity contribution in [2.75, 3.05) is 19.6 Å². The molecule has 0 amide bonds. The fourth-order valence-electron chi connectivity index (χ4n) is 3.31. The van der Waals surface area contributed by atoms with Gasteiger partial charge in [-0.05, 0) is 64.0 Å². The Bertz CT molecular complexity index is 202. The van der Waals surface area contributed by atoms with Crippen LogP contribution < -0.4 is 5.73 Å². The van der Waals surface area contributed by atoms with Crippen molar-refractivity contribution < 1.29 is 0 Å². The average Bonchev–Trinajstić information content (AvgIpc) is 2.74. The van der Waals surface area contributed by atoms with Crippen LogP contribution in [0.3, 0.4) is 0 Å². The predicted octanol–water partition coefficient (Wildman–Crippen LogP) is 1.85. The van der Waals surface area contributed by atoms with Crippen molar-refractivity contribution in [2.24, 2.45) is 17.1 Å². The molecule has 2 atom stereocenters. The van der Waals surface area contributed by atoms with Gasteiger partial charge in [0.15, 0.2) is 0 Å². The van der Waals surface area contributed by atoms with Gasteiger partial charge in [-0.25, -0.2) is 0 Å². The normalized spacial score (nSPS) is 39.0. The van der Waals surface area contributed by atoms with E-state index in [1.54, 1.807) is 0 Å². The van der Waals surface area contributed by atoms with Gasteiger partial charge in [-0.3, -0.25) is 0 Å². The SMILES string of the molecule is CC(C)N1CCC2(CCC(CN)C2)C1. The van der Waals surface area contributed by atoms with Crippen molar-refractivity contribution >= 4 is 0 Å². The third-order valence-corrected chi connectivity index (χ3v) is 4.34. The van der Waals surface area contributed by atoms with Crippen LogP contribution in [0.5, 0.6) is 0 Å². The number of rotatable bonds is 2. The van der Waals surface area contributed by atoms with Gasteiger partial charge in [0.05, 0.1) is 0 Å². The van der Waals surface area contributed by atoms with E-state index in [4.69, 9.17) is 5.73 Å². The molecule has 2 aliphatic rings. The molecule has 0 radical (unpaired) electrons. The van der Waals surface area contributed by atoms with Crippen LogP contribution in [0.15, 0.2) is 0 Å². The van der Waals surface area contributed by atoms with E-state index in [-0.39, 0.29) is 0 Å². The number of hydrogen-bond donors (Lipinski definition) is 1. The first kappa shape index (κ1) is 10.4. The number of nitrogens with two attached hydrogens (primary N) is 1. The zero-order valence-electron chi connectivity index (χ0n) is 9.63. The zero-order valence-corrected chi connectivity index (χ0v) is 9.63. The highest BCUT2D eigenvalue weighted by atomic mass is 15.2. The zero-order chi connectivity index (χ0) is 10.2. The van der Waals surface area contributed by atoms with E-state index >= 15 is 0 Å². The molecule has 1 saturated carbocycles. The summed E-state index contributed by atoms with van der Waals surface area (Å²) >= 11 is 0. The molecule has 1 aliphatic carbocycles. The minimum Gasteiger partial charge on any atom is -0.330 e. The van der Waals surface area contributed by atoms with Crippen molar-refractivity contribution in [1.29, 1.82) is 0 Å². The van der Waals surface area contributed by atoms with Gasteiger partial charge in [0, 0.05) is 12.6 Å². The molecular formula is C12H24N2. The van der Waals surface area contributed by atoms with Crippen LogP contribution in [0.4, 0.5) is 0 Å². The van der Waals surface area contributed by atoms with Crippen LogP contribution in [-0.4, -0.2) is 30.6 Å². The molecule has 14 heavy (non-hydrogen) atoms. The fourth-order valence-corrected chi connectivity index (χ4v) is 3.31. The molecule has 2 fully saturated rings. The molecule has 2 rings (SSSR count). The van der Waals surface area contributed by atoms with Crippen LogP contribution in [0, 0.1) is 11.3 Å². The Morgan fingerprint density at radius 1 is 1.43 bits per heavy atom. The summed E-state index contributed by atoms with van der Waals surface area (Å²) in [5, 5.41) is 0. The van der Waals surface area contributed by atoms with Crippen molar-refractivity contribution in [3.8, 4) is 0 Å². The van der Waals surface area contributed by atoms with E-state index in [9.17, 15) is 0 Å². The summed E-state index contributed by atoms with van der Waals surface area (Å²) in [5.41, 5.74) is 6.43. The predicted molar refractivity (Wildman–Crippen MR) is 60.2 cm³/mol. The molecule has 1 saturated heterocycles. The van der Waals surface area contributed by atoms with E-state index in [1.807, 2.05) is 0 Å². The summed E-state index contributed by atoms with van der Waals surface area (Å²) in [4.78, 5) is 2.64. The smallest absolute Gasteiger partial charge is 0.00413 e. The second-order valence-electron chi connectivity index (χ2n) is 5.66. The summed E-state index contributed by atoms with van der Waals surface area (Å²) in [6, 6.07) is 0.728. The summed E-state index contributed by atoms with van der Waals surface area (Å²) in [6.45, 7) is 8.18. The number of likely N-dealkylation sites (tertiary alicyclic amines) is 1. The molecule has 82 valence electrons. The summed E-state index contributed by atoms with van der Waals surface area (Å²) in [7, 11) is 0. The van der Waals surface area contributed by atoms with Crippen LogP contribution >= 0.6 is 0 Å². The Hall–Kier alpha value is -0.0800. The first-order valence-electron chi connectivity index (χ1n) is 6.09. The number of hydrogen-bond acceptors (Lipinski definition) is 2. The third-order valence-electron chi connectivity index (χ3n) is 4.34. The van der Waals surface area contributed by atoms with Crippen molar-refractivity contribution in [3.05, 3.63) is 0 Å². The van der Waals surface area contributed by atoms with Gasteiger partial charge in [-0.1, -0.05) is 0 Å². The van der Waals surface area contributed by atoms with Gasteiger partial charge in [0.25, 0.3) is 0 Å². The first-order valence-corrected chi connectivity index (χ1v) is 6.09. The topological polar surface area (TPSA) is 29.3 Å². The lowest BCUT2D eigenvalue weighted by Gasteiger charge is -2.26. The molecule has 0 aromatic heterocycles. The van der Waals surface area contributed by atoms with E-state index in [2.05, 4.69) is 18.7 Å². The second-order valence-corrected chi connectivity index (χ2v) is 5.66. The molecule has 1 heterocycles. The Morgan fingerprint density at radius 2 is 2.21 bits per heavy atom. The van der Waals surface area contributed by atoms with Crippen LogP contribution in [0.2, 0.25) is 0 Å². The Morgan fingerprint density at radius 3 is 2.71 bits per heavy atom. The lowest BCUT2D eigenvalue weighted by molar-refractivity contribution is 0.221. The number of nitrogens with zero attached hydrogens (tertiary/aromatic N) is 1. The molecule has 1 spiro atoms. The molecular weight excluding hydrogens is 172 g/mol. The van der Waals surface area contributed by atoms with Gasteiger partial charge < -0.3 is 10.6 Å². The van der Waals surface area contributed by atoms with Gasteiger partial charge in [-0.2, -0.15) is 0 Å². The van der Waals surface area contributed by atoms with E-state index in [1.165, 1.54) is 38.8 Å². The maximum absolute atomic E-state index is 5.77. The Kier molecular flexibility index (Phi) is 2.85. The minimum atomic E-state index is 0.661. The summed E-state index contributed by atoms with van der Waals surface area (Å²) in [6.07, 6.45) is 5.62. The summed E-state index contributed by atoms with van der Waals surface area (Å²) < 4.78 is 0. The fraction of sp³-hybridized carbons (Fsp3) is 1.00. The Balaban J connectivity index is 1.94. The molecule has 0 aromatic rings. The van der Waals surface area contributed by atoms with Crippen LogP contribution in [-0.2, 0) is 0 Å². The maximum Gasteiger partial charge on any atom is 0.00413 e.